The Bertz CT molecular complexity index is 575. The third kappa shape index (κ3) is 2.69. The molecule has 0 unspecified atom stereocenters. The summed E-state index contributed by atoms with van der Waals surface area (Å²) in [6.07, 6.45) is 7.32. The first-order chi connectivity index (χ1) is 11.0. The van der Waals surface area contributed by atoms with Gasteiger partial charge in [-0.25, -0.2) is 14.2 Å². The monoisotopic (exact) mass is 318 g/mol. The van der Waals surface area contributed by atoms with E-state index in [-0.39, 0.29) is 11.6 Å². The van der Waals surface area contributed by atoms with Crippen molar-refractivity contribution >= 4 is 11.8 Å². The van der Waals surface area contributed by atoms with Crippen molar-refractivity contribution in [2.45, 2.75) is 37.6 Å². The number of rotatable bonds is 3. The summed E-state index contributed by atoms with van der Waals surface area (Å²) in [7, 11) is 0. The fourth-order valence-corrected chi connectivity index (χ4v) is 5.19. The van der Waals surface area contributed by atoms with Crippen LogP contribution in [-0.4, -0.2) is 23.1 Å². The maximum atomic E-state index is 12.8. The number of nitrogens with two attached hydrogens (primary N) is 1. The average molecular weight is 318 g/mol. The lowest BCUT2D eigenvalue weighted by Crippen LogP contribution is -2.67. The van der Waals surface area contributed by atoms with Crippen LogP contribution in [0.5, 0.6) is 0 Å². The number of hydrogen-bond donors (Lipinski definition) is 3. The fourth-order valence-electron chi connectivity index (χ4n) is 5.19. The highest BCUT2D eigenvalue weighted by Gasteiger charge is 2.55. The minimum atomic E-state index is -0.425. The highest BCUT2D eigenvalue weighted by molar-refractivity contribution is 5.88. The van der Waals surface area contributed by atoms with Crippen molar-refractivity contribution in [3.8, 4) is 0 Å². The number of carbonyl (C=O) groups excluding carboxylic acids is 1. The van der Waals surface area contributed by atoms with Crippen molar-refractivity contribution in [3.05, 3.63) is 24.1 Å². The van der Waals surface area contributed by atoms with Crippen LogP contribution in [0.15, 0.2) is 18.3 Å². The molecule has 0 radical (unpaired) electrons. The van der Waals surface area contributed by atoms with Crippen LogP contribution >= 0.6 is 0 Å². The van der Waals surface area contributed by atoms with E-state index in [9.17, 15) is 9.18 Å². The number of carbonyl (C=O) groups is 1. The Hall–Kier alpha value is -1.69. The molecule has 5 nitrogen and oxygen atoms in total. The summed E-state index contributed by atoms with van der Waals surface area (Å²) in [5.41, 5.74) is 6.47. The molecular weight excluding hydrogens is 295 g/mol. The maximum absolute atomic E-state index is 12.8. The molecule has 4 aliphatic rings. The Labute approximate surface area is 135 Å². The molecule has 4 aliphatic carbocycles. The van der Waals surface area contributed by atoms with Gasteiger partial charge in [0.15, 0.2) is 0 Å². The number of hydrogen-bond acceptors (Lipinski definition) is 3. The maximum Gasteiger partial charge on any atom is 0.320 e. The summed E-state index contributed by atoms with van der Waals surface area (Å²) < 4.78 is 12.8. The minimum Gasteiger partial charge on any atom is -0.336 e. The summed E-state index contributed by atoms with van der Waals surface area (Å²) in [5, 5.41) is 5.53. The molecule has 4 bridgehead atoms. The number of halogens is 1. The number of nitrogens with zero attached hydrogens (tertiary/aromatic N) is 1. The van der Waals surface area contributed by atoms with Gasteiger partial charge in [-0.3, -0.25) is 5.32 Å². The lowest BCUT2D eigenvalue weighted by atomic mass is 9.49. The number of amides is 2. The molecule has 1 aromatic heterocycles. The predicted molar refractivity (Wildman–Crippen MR) is 85.2 cm³/mol. The molecular formula is C17H23FN4O. The molecule has 0 spiro atoms. The van der Waals surface area contributed by atoms with Crippen molar-refractivity contribution in [2.75, 3.05) is 11.9 Å². The molecule has 0 aromatic carbocycles. The first-order valence-corrected chi connectivity index (χ1v) is 8.48. The Morgan fingerprint density at radius 3 is 2.43 bits per heavy atom. The van der Waals surface area contributed by atoms with Gasteiger partial charge in [-0.2, -0.15) is 0 Å². The quantitative estimate of drug-likeness (QED) is 0.801. The first kappa shape index (κ1) is 14.9. The molecule has 5 rings (SSSR count). The number of nitrogens with one attached hydrogen (secondary N) is 2. The second-order valence-corrected chi connectivity index (χ2v) is 7.59. The standard InChI is InChI=1S/C17H23FN4O/c18-14-1-2-15(20-8-14)22-16(23)21-9-17(19)12-4-10-3-11(6-12)7-13(17)5-10/h1-2,8,10-13H,3-7,9,19H2,(H2,20,21,22,23). The van der Waals surface area contributed by atoms with Gasteiger partial charge in [-0.15, -0.1) is 0 Å². The Morgan fingerprint density at radius 2 is 1.87 bits per heavy atom. The van der Waals surface area contributed by atoms with Crippen LogP contribution < -0.4 is 16.4 Å². The summed E-state index contributed by atoms with van der Waals surface area (Å²) in [6, 6.07) is 2.38. The number of pyridine rings is 1. The van der Waals surface area contributed by atoms with E-state index in [0.717, 1.165) is 18.0 Å². The van der Waals surface area contributed by atoms with Crippen molar-refractivity contribution in [2.24, 2.45) is 29.4 Å². The van der Waals surface area contributed by atoms with Crippen LogP contribution in [0.4, 0.5) is 15.0 Å². The van der Waals surface area contributed by atoms with Crippen LogP contribution in [0.2, 0.25) is 0 Å². The van der Waals surface area contributed by atoms with Crippen LogP contribution in [-0.2, 0) is 0 Å². The van der Waals surface area contributed by atoms with Crippen LogP contribution in [0.25, 0.3) is 0 Å². The first-order valence-electron chi connectivity index (χ1n) is 8.48. The molecule has 0 aliphatic heterocycles. The van der Waals surface area contributed by atoms with Crippen molar-refractivity contribution in [1.29, 1.82) is 0 Å². The van der Waals surface area contributed by atoms with Gasteiger partial charge in [-0.1, -0.05) is 0 Å². The van der Waals surface area contributed by atoms with Gasteiger partial charge < -0.3 is 11.1 Å². The number of aromatic nitrogens is 1. The molecule has 6 heteroatoms. The molecule has 4 saturated carbocycles. The van der Waals surface area contributed by atoms with E-state index >= 15 is 0 Å². The van der Waals surface area contributed by atoms with Crippen molar-refractivity contribution in [1.82, 2.24) is 10.3 Å². The molecule has 124 valence electrons. The topological polar surface area (TPSA) is 80.0 Å². The van der Waals surface area contributed by atoms with E-state index in [1.165, 1.54) is 44.2 Å². The van der Waals surface area contributed by atoms with Gasteiger partial charge in [0.05, 0.1) is 6.20 Å². The largest absolute Gasteiger partial charge is 0.336 e. The predicted octanol–water partition coefficient (Wildman–Crippen LogP) is 2.50. The molecule has 4 N–H and O–H groups in total. The molecule has 1 heterocycles. The average Bonchev–Trinajstić information content (AvgIpc) is 2.52. The highest BCUT2D eigenvalue weighted by atomic mass is 19.1. The van der Waals surface area contributed by atoms with E-state index in [1.807, 2.05) is 0 Å². The van der Waals surface area contributed by atoms with E-state index in [1.54, 1.807) is 0 Å². The van der Waals surface area contributed by atoms with Gasteiger partial charge in [0.2, 0.25) is 0 Å². The second kappa shape index (κ2) is 5.44. The molecule has 0 saturated heterocycles. The van der Waals surface area contributed by atoms with Gasteiger partial charge in [0.25, 0.3) is 0 Å². The third-order valence-corrected chi connectivity index (χ3v) is 6.18. The smallest absolute Gasteiger partial charge is 0.320 e. The molecule has 4 fully saturated rings. The van der Waals surface area contributed by atoms with E-state index < -0.39 is 5.82 Å². The van der Waals surface area contributed by atoms with Gasteiger partial charge >= 0.3 is 6.03 Å². The van der Waals surface area contributed by atoms with Crippen LogP contribution in [0.3, 0.4) is 0 Å². The van der Waals surface area contributed by atoms with Gasteiger partial charge in [0.1, 0.15) is 11.6 Å². The fraction of sp³-hybridized carbons (Fsp3) is 0.647. The molecule has 23 heavy (non-hydrogen) atoms. The molecule has 2 amide bonds. The van der Waals surface area contributed by atoms with E-state index in [2.05, 4.69) is 15.6 Å². The van der Waals surface area contributed by atoms with Crippen molar-refractivity contribution in [3.63, 3.8) is 0 Å². The number of anilines is 1. The Balaban J connectivity index is 1.36. The summed E-state index contributed by atoms with van der Waals surface area (Å²) >= 11 is 0. The molecule has 1 aromatic rings. The zero-order valence-corrected chi connectivity index (χ0v) is 13.1. The SMILES string of the molecule is NC1(CNC(=O)Nc2ccc(F)cn2)C2CC3CC(C2)CC1C3. The van der Waals surface area contributed by atoms with Gasteiger partial charge in [-0.05, 0) is 67.9 Å². The minimum absolute atomic E-state index is 0.277. The van der Waals surface area contributed by atoms with Crippen LogP contribution in [0.1, 0.15) is 32.1 Å². The van der Waals surface area contributed by atoms with Crippen molar-refractivity contribution < 1.29 is 9.18 Å². The van der Waals surface area contributed by atoms with E-state index in [0.29, 0.717) is 24.2 Å². The molecule has 0 atom stereocenters. The second-order valence-electron chi connectivity index (χ2n) is 7.59. The summed E-state index contributed by atoms with van der Waals surface area (Å²) in [6.45, 7) is 0.495. The zero-order chi connectivity index (χ0) is 16.0. The van der Waals surface area contributed by atoms with E-state index in [4.69, 9.17) is 5.73 Å². The lowest BCUT2D eigenvalue weighted by Gasteiger charge is -2.59. The normalized spacial score (nSPS) is 37.7. The van der Waals surface area contributed by atoms with Gasteiger partial charge in [0, 0.05) is 12.1 Å². The zero-order valence-electron chi connectivity index (χ0n) is 13.1. The third-order valence-electron chi connectivity index (χ3n) is 6.18. The Morgan fingerprint density at radius 1 is 1.22 bits per heavy atom. The Kier molecular flexibility index (Phi) is 3.52. The lowest BCUT2D eigenvalue weighted by molar-refractivity contribution is -0.0528. The van der Waals surface area contributed by atoms with Crippen LogP contribution in [0, 0.1) is 29.5 Å². The summed E-state index contributed by atoms with van der Waals surface area (Å²) in [5.74, 6) is 2.68. The number of urea groups is 1. The summed E-state index contributed by atoms with van der Waals surface area (Å²) in [4.78, 5) is 15.9. The highest BCUT2D eigenvalue weighted by Crippen LogP contribution is 2.57.